The van der Waals surface area contributed by atoms with E-state index in [2.05, 4.69) is 21.3 Å². The Labute approximate surface area is 240 Å². The highest BCUT2D eigenvalue weighted by atomic mass is 16.6. The number of amides is 2. The molecule has 0 aliphatic rings. The third-order valence-corrected chi connectivity index (χ3v) is 5.96. The Hall–Kier alpha value is -3.14. The lowest BCUT2D eigenvalue weighted by Crippen LogP contribution is -2.49. The zero-order valence-corrected chi connectivity index (χ0v) is 24.5. The first-order valence-electron chi connectivity index (χ1n) is 14.4. The van der Waals surface area contributed by atoms with Crippen molar-refractivity contribution in [2.75, 3.05) is 39.3 Å². The van der Waals surface area contributed by atoms with Crippen molar-refractivity contribution in [3.8, 4) is 5.75 Å². The molecule has 1 unspecified atom stereocenters. The van der Waals surface area contributed by atoms with Crippen LogP contribution >= 0.6 is 0 Å². The summed E-state index contributed by atoms with van der Waals surface area (Å²) >= 11 is 0. The molecule has 0 bridgehead atoms. The summed E-state index contributed by atoms with van der Waals surface area (Å²) in [7, 11) is 0. The number of carbonyl (C=O) groups excluding carboxylic acids is 2. The first-order valence-corrected chi connectivity index (χ1v) is 14.4. The third-order valence-electron chi connectivity index (χ3n) is 5.96. The number of hydrogen-bond acceptors (Lipinski definition) is 7. The molecule has 1 atom stereocenters. The van der Waals surface area contributed by atoms with Gasteiger partial charge in [0.15, 0.2) is 0 Å². The standard InChI is InChI=1S/C31H49N5O4/c1-31(2,3)40-30(38)36-28(29(37)35-22-10-21-34-19-8-7-18-33-20-9-17-32)23-25-13-15-27(16-14-25)39-24-26-11-5-4-6-12-26/h4-6,11-16,28,33-34H,7-10,17-24,32H2,1-3H3,(H,35,37)(H,36,38). The summed E-state index contributed by atoms with van der Waals surface area (Å²) in [4.78, 5) is 25.5. The molecule has 0 heterocycles. The van der Waals surface area contributed by atoms with Crippen LogP contribution in [0, 0.1) is 0 Å². The molecular formula is C31H49N5O4. The Morgan fingerprint density at radius 1 is 0.800 bits per heavy atom. The topological polar surface area (TPSA) is 127 Å². The Morgan fingerprint density at radius 2 is 1.43 bits per heavy atom. The van der Waals surface area contributed by atoms with Gasteiger partial charge in [0, 0.05) is 13.0 Å². The van der Waals surface area contributed by atoms with Crippen molar-refractivity contribution < 1.29 is 19.1 Å². The van der Waals surface area contributed by atoms with Crippen molar-refractivity contribution in [2.45, 2.75) is 71.1 Å². The second-order valence-corrected chi connectivity index (χ2v) is 10.8. The molecule has 2 amide bonds. The molecule has 2 aromatic rings. The number of nitrogens with two attached hydrogens (primary N) is 1. The van der Waals surface area contributed by atoms with Gasteiger partial charge in [0.05, 0.1) is 0 Å². The first-order chi connectivity index (χ1) is 19.3. The maximum Gasteiger partial charge on any atom is 0.408 e. The van der Waals surface area contributed by atoms with E-state index in [1.54, 1.807) is 20.8 Å². The molecule has 6 N–H and O–H groups in total. The van der Waals surface area contributed by atoms with Crippen LogP contribution in [0.2, 0.25) is 0 Å². The monoisotopic (exact) mass is 555 g/mol. The van der Waals surface area contributed by atoms with Gasteiger partial charge in [0.2, 0.25) is 5.91 Å². The van der Waals surface area contributed by atoms with Gasteiger partial charge in [0.25, 0.3) is 0 Å². The summed E-state index contributed by atoms with van der Waals surface area (Å²) in [6.07, 6.45) is 3.74. The van der Waals surface area contributed by atoms with E-state index in [1.165, 1.54) is 0 Å². The molecular weight excluding hydrogens is 506 g/mol. The van der Waals surface area contributed by atoms with Gasteiger partial charge in [-0.1, -0.05) is 42.5 Å². The molecule has 2 rings (SSSR count). The van der Waals surface area contributed by atoms with Crippen LogP contribution in [0.15, 0.2) is 54.6 Å². The van der Waals surface area contributed by atoms with Crippen LogP contribution in [0.25, 0.3) is 0 Å². The fraction of sp³-hybridized carbons (Fsp3) is 0.548. The van der Waals surface area contributed by atoms with E-state index in [0.717, 1.165) is 75.3 Å². The number of hydrogen-bond donors (Lipinski definition) is 5. The van der Waals surface area contributed by atoms with Gasteiger partial charge < -0.3 is 36.5 Å². The van der Waals surface area contributed by atoms with E-state index < -0.39 is 17.7 Å². The van der Waals surface area contributed by atoms with Gasteiger partial charge in [-0.15, -0.1) is 0 Å². The van der Waals surface area contributed by atoms with Gasteiger partial charge in [-0.3, -0.25) is 4.79 Å². The van der Waals surface area contributed by atoms with Crippen LogP contribution in [0.4, 0.5) is 4.79 Å². The van der Waals surface area contributed by atoms with Crippen molar-refractivity contribution >= 4 is 12.0 Å². The normalized spacial score (nSPS) is 12.0. The van der Waals surface area contributed by atoms with Gasteiger partial charge in [0.1, 0.15) is 24.0 Å². The summed E-state index contributed by atoms with van der Waals surface area (Å²) < 4.78 is 11.3. The van der Waals surface area contributed by atoms with Crippen LogP contribution in [0.1, 0.15) is 57.6 Å². The predicted octanol–water partition coefficient (Wildman–Crippen LogP) is 3.52. The van der Waals surface area contributed by atoms with E-state index >= 15 is 0 Å². The second kappa shape index (κ2) is 19.0. The van der Waals surface area contributed by atoms with Crippen molar-refractivity contribution in [1.82, 2.24) is 21.3 Å². The average molecular weight is 556 g/mol. The molecule has 0 radical (unpaired) electrons. The Kier molecular flexibility index (Phi) is 15.7. The second-order valence-electron chi connectivity index (χ2n) is 10.8. The van der Waals surface area contributed by atoms with Crippen molar-refractivity contribution in [3.05, 3.63) is 65.7 Å². The van der Waals surface area contributed by atoms with Crippen LogP contribution in [-0.4, -0.2) is 62.9 Å². The summed E-state index contributed by atoms with van der Waals surface area (Å²) in [6, 6.07) is 16.8. The lowest BCUT2D eigenvalue weighted by atomic mass is 10.0. The Morgan fingerprint density at radius 3 is 2.05 bits per heavy atom. The number of alkyl carbamates (subject to hydrolysis) is 1. The molecule has 40 heavy (non-hydrogen) atoms. The largest absolute Gasteiger partial charge is 0.489 e. The Balaban J connectivity index is 1.78. The minimum absolute atomic E-state index is 0.237. The van der Waals surface area contributed by atoms with E-state index in [-0.39, 0.29) is 5.91 Å². The summed E-state index contributed by atoms with van der Waals surface area (Å²) in [6.45, 7) is 10.8. The molecule has 222 valence electrons. The number of benzene rings is 2. The van der Waals surface area contributed by atoms with E-state index in [9.17, 15) is 9.59 Å². The average Bonchev–Trinajstić information content (AvgIpc) is 2.92. The maximum absolute atomic E-state index is 13.0. The van der Waals surface area contributed by atoms with E-state index in [0.29, 0.717) is 19.6 Å². The number of nitrogens with one attached hydrogen (secondary N) is 4. The van der Waals surface area contributed by atoms with Gasteiger partial charge in [-0.05, 0) is 102 Å². The molecule has 0 saturated heterocycles. The zero-order chi connectivity index (χ0) is 29.1. The van der Waals surface area contributed by atoms with E-state index in [4.69, 9.17) is 15.2 Å². The molecule has 9 nitrogen and oxygen atoms in total. The van der Waals surface area contributed by atoms with E-state index in [1.807, 2.05) is 54.6 Å². The summed E-state index contributed by atoms with van der Waals surface area (Å²) in [5.41, 5.74) is 6.82. The summed E-state index contributed by atoms with van der Waals surface area (Å²) in [5, 5.41) is 12.5. The maximum atomic E-state index is 13.0. The van der Waals surface area contributed by atoms with Crippen LogP contribution in [-0.2, 0) is 22.6 Å². The minimum atomic E-state index is -0.759. The highest BCUT2D eigenvalue weighted by Crippen LogP contribution is 2.16. The van der Waals surface area contributed by atoms with Crippen molar-refractivity contribution in [1.29, 1.82) is 0 Å². The SMILES string of the molecule is CC(C)(C)OC(=O)NC(Cc1ccc(OCc2ccccc2)cc1)C(=O)NCCCNCCCCNCCCN. The molecule has 0 saturated carbocycles. The number of rotatable bonds is 19. The van der Waals surface area contributed by atoms with Crippen LogP contribution in [0.3, 0.4) is 0 Å². The number of ether oxygens (including phenoxy) is 2. The molecule has 0 aromatic heterocycles. The van der Waals surface area contributed by atoms with Crippen molar-refractivity contribution in [3.63, 3.8) is 0 Å². The van der Waals surface area contributed by atoms with Gasteiger partial charge in [-0.2, -0.15) is 0 Å². The highest BCUT2D eigenvalue weighted by Gasteiger charge is 2.24. The van der Waals surface area contributed by atoms with Gasteiger partial charge in [-0.25, -0.2) is 4.79 Å². The summed E-state index contributed by atoms with van der Waals surface area (Å²) in [5.74, 6) is 0.503. The smallest absolute Gasteiger partial charge is 0.408 e. The number of carbonyl (C=O) groups is 2. The zero-order valence-electron chi connectivity index (χ0n) is 24.5. The third kappa shape index (κ3) is 15.5. The minimum Gasteiger partial charge on any atom is -0.489 e. The number of unbranched alkanes of at least 4 members (excludes halogenated alkanes) is 1. The van der Waals surface area contributed by atoms with Crippen LogP contribution in [0.5, 0.6) is 5.75 Å². The molecule has 0 spiro atoms. The van der Waals surface area contributed by atoms with Gasteiger partial charge >= 0.3 is 6.09 Å². The molecule has 2 aromatic carbocycles. The lowest BCUT2D eigenvalue weighted by molar-refractivity contribution is -0.123. The fourth-order valence-electron chi connectivity index (χ4n) is 3.88. The first kappa shape index (κ1) is 33.1. The Bertz CT molecular complexity index is 964. The predicted molar refractivity (Wildman–Crippen MR) is 160 cm³/mol. The molecule has 0 aliphatic heterocycles. The molecule has 9 heteroatoms. The molecule has 0 fully saturated rings. The van der Waals surface area contributed by atoms with Crippen molar-refractivity contribution in [2.24, 2.45) is 5.73 Å². The fourth-order valence-corrected chi connectivity index (χ4v) is 3.88. The molecule has 0 aliphatic carbocycles. The quantitative estimate of drug-likeness (QED) is 0.168. The highest BCUT2D eigenvalue weighted by molar-refractivity contribution is 5.86. The lowest BCUT2D eigenvalue weighted by Gasteiger charge is -2.23. The van der Waals surface area contributed by atoms with Crippen LogP contribution < -0.4 is 31.7 Å².